The van der Waals surface area contributed by atoms with Crippen molar-refractivity contribution in [1.82, 2.24) is 5.32 Å². The first-order valence-electron chi connectivity index (χ1n) is 6.29. The molecule has 1 atom stereocenters. The zero-order valence-corrected chi connectivity index (χ0v) is 9.38. The van der Waals surface area contributed by atoms with E-state index >= 15 is 0 Å². The molecule has 0 bridgehead atoms. The van der Waals surface area contributed by atoms with Gasteiger partial charge in [0, 0.05) is 13.2 Å². The first-order chi connectivity index (χ1) is 7.36. The average Bonchev–Trinajstić information content (AvgIpc) is 2.31. The van der Waals surface area contributed by atoms with E-state index in [9.17, 15) is 4.39 Å². The molecule has 2 saturated heterocycles. The monoisotopic (exact) mass is 215 g/mol. The van der Waals surface area contributed by atoms with Gasteiger partial charge in [-0.3, -0.25) is 0 Å². The van der Waals surface area contributed by atoms with Gasteiger partial charge in [-0.2, -0.15) is 0 Å². The van der Waals surface area contributed by atoms with Crippen LogP contribution in [-0.4, -0.2) is 32.5 Å². The van der Waals surface area contributed by atoms with E-state index in [-0.39, 0.29) is 0 Å². The van der Waals surface area contributed by atoms with Crippen molar-refractivity contribution in [2.24, 2.45) is 11.8 Å². The van der Waals surface area contributed by atoms with Crippen molar-refractivity contribution >= 4 is 0 Å². The van der Waals surface area contributed by atoms with Crippen LogP contribution in [0.15, 0.2) is 0 Å². The average molecular weight is 215 g/mol. The van der Waals surface area contributed by atoms with Crippen molar-refractivity contribution < 1.29 is 9.13 Å². The van der Waals surface area contributed by atoms with E-state index in [4.69, 9.17) is 4.74 Å². The predicted molar refractivity (Wildman–Crippen MR) is 58.6 cm³/mol. The van der Waals surface area contributed by atoms with Crippen LogP contribution in [0, 0.1) is 11.8 Å². The number of hydrogen-bond donors (Lipinski definition) is 1. The fourth-order valence-corrected chi connectivity index (χ4v) is 2.70. The molecular formula is C12H22FNO. The summed E-state index contributed by atoms with van der Waals surface area (Å²) in [5.41, 5.74) is 0. The Morgan fingerprint density at radius 1 is 1.13 bits per heavy atom. The quantitative estimate of drug-likeness (QED) is 0.779. The van der Waals surface area contributed by atoms with Crippen LogP contribution in [0.25, 0.3) is 0 Å². The number of rotatable bonds is 3. The fraction of sp³-hybridized carbons (Fsp3) is 1.00. The maximum absolute atomic E-state index is 14.0. The van der Waals surface area contributed by atoms with Crippen LogP contribution in [0.5, 0.6) is 0 Å². The lowest BCUT2D eigenvalue weighted by Crippen LogP contribution is -2.33. The van der Waals surface area contributed by atoms with E-state index < -0.39 is 6.17 Å². The summed E-state index contributed by atoms with van der Waals surface area (Å²) < 4.78 is 19.3. The third kappa shape index (κ3) is 3.42. The largest absolute Gasteiger partial charge is 0.381 e. The summed E-state index contributed by atoms with van der Waals surface area (Å²) in [7, 11) is 0. The first-order valence-corrected chi connectivity index (χ1v) is 6.29. The molecule has 2 nitrogen and oxygen atoms in total. The highest BCUT2D eigenvalue weighted by atomic mass is 19.1. The van der Waals surface area contributed by atoms with Crippen molar-refractivity contribution in [3.63, 3.8) is 0 Å². The van der Waals surface area contributed by atoms with E-state index in [1.807, 2.05) is 0 Å². The SMILES string of the molecule is FC(CC1CCOCC1)C1CCNCC1. The van der Waals surface area contributed by atoms with Crippen LogP contribution in [0.4, 0.5) is 4.39 Å². The van der Waals surface area contributed by atoms with Crippen molar-refractivity contribution in [2.45, 2.75) is 38.3 Å². The molecule has 2 fully saturated rings. The molecule has 0 amide bonds. The Morgan fingerprint density at radius 2 is 1.80 bits per heavy atom. The highest BCUT2D eigenvalue weighted by Gasteiger charge is 2.26. The van der Waals surface area contributed by atoms with E-state index in [1.165, 1.54) is 0 Å². The highest BCUT2D eigenvalue weighted by Crippen LogP contribution is 2.28. The van der Waals surface area contributed by atoms with Crippen LogP contribution in [-0.2, 0) is 4.74 Å². The molecule has 0 radical (unpaired) electrons. The van der Waals surface area contributed by atoms with Gasteiger partial charge in [-0.1, -0.05) is 0 Å². The number of halogens is 1. The molecule has 0 saturated carbocycles. The molecule has 2 aliphatic rings. The van der Waals surface area contributed by atoms with Crippen molar-refractivity contribution in [3.05, 3.63) is 0 Å². The van der Waals surface area contributed by atoms with E-state index in [1.54, 1.807) is 0 Å². The van der Waals surface area contributed by atoms with Crippen LogP contribution in [0.3, 0.4) is 0 Å². The Hall–Kier alpha value is -0.150. The standard InChI is InChI=1S/C12H22FNO/c13-12(11-1-5-14-6-2-11)9-10-3-7-15-8-4-10/h10-12,14H,1-9H2. The molecule has 0 aromatic rings. The molecule has 0 aromatic heterocycles. The minimum atomic E-state index is -0.574. The molecule has 1 N–H and O–H groups in total. The highest BCUT2D eigenvalue weighted by molar-refractivity contribution is 4.78. The number of nitrogens with one attached hydrogen (secondary N) is 1. The predicted octanol–water partition coefficient (Wildman–Crippen LogP) is 2.14. The molecule has 15 heavy (non-hydrogen) atoms. The maximum atomic E-state index is 14.0. The van der Waals surface area contributed by atoms with Crippen molar-refractivity contribution in [2.75, 3.05) is 26.3 Å². The van der Waals surface area contributed by atoms with Gasteiger partial charge in [0.15, 0.2) is 0 Å². The molecule has 2 rings (SSSR count). The minimum absolute atomic E-state index is 0.314. The second kappa shape index (κ2) is 5.80. The molecule has 0 spiro atoms. The lowest BCUT2D eigenvalue weighted by atomic mass is 9.85. The summed E-state index contributed by atoms with van der Waals surface area (Å²) in [4.78, 5) is 0. The molecular weight excluding hydrogens is 193 g/mol. The summed E-state index contributed by atoms with van der Waals surface area (Å²) >= 11 is 0. The molecule has 0 aliphatic carbocycles. The zero-order valence-electron chi connectivity index (χ0n) is 9.38. The van der Waals surface area contributed by atoms with E-state index in [0.717, 1.165) is 58.4 Å². The van der Waals surface area contributed by atoms with Gasteiger partial charge in [-0.25, -0.2) is 4.39 Å². The maximum Gasteiger partial charge on any atom is 0.103 e. The van der Waals surface area contributed by atoms with Gasteiger partial charge in [0.25, 0.3) is 0 Å². The Kier molecular flexibility index (Phi) is 4.39. The minimum Gasteiger partial charge on any atom is -0.381 e. The molecule has 2 aliphatic heterocycles. The topological polar surface area (TPSA) is 21.3 Å². The number of alkyl halides is 1. The van der Waals surface area contributed by atoms with Crippen LogP contribution in [0.1, 0.15) is 32.1 Å². The summed E-state index contributed by atoms with van der Waals surface area (Å²) in [6.45, 7) is 3.67. The Balaban J connectivity index is 1.72. The smallest absolute Gasteiger partial charge is 0.103 e. The lowest BCUT2D eigenvalue weighted by Gasteiger charge is -2.29. The van der Waals surface area contributed by atoms with Crippen LogP contribution < -0.4 is 5.32 Å². The second-order valence-electron chi connectivity index (χ2n) is 4.89. The Bertz CT molecular complexity index is 176. The fourth-order valence-electron chi connectivity index (χ4n) is 2.70. The van der Waals surface area contributed by atoms with Gasteiger partial charge in [0.05, 0.1) is 0 Å². The van der Waals surface area contributed by atoms with Gasteiger partial charge in [-0.15, -0.1) is 0 Å². The normalized spacial score (nSPS) is 27.8. The van der Waals surface area contributed by atoms with Gasteiger partial charge in [-0.05, 0) is 57.0 Å². The summed E-state index contributed by atoms with van der Waals surface area (Å²) in [6.07, 6.45) is 4.36. The Morgan fingerprint density at radius 3 is 2.47 bits per heavy atom. The third-order valence-corrected chi connectivity index (χ3v) is 3.79. The lowest BCUT2D eigenvalue weighted by molar-refractivity contribution is 0.0470. The summed E-state index contributed by atoms with van der Waals surface area (Å²) in [6, 6.07) is 0. The zero-order chi connectivity index (χ0) is 10.5. The number of piperidine rings is 1. The molecule has 1 unspecified atom stereocenters. The summed E-state index contributed by atoms with van der Waals surface area (Å²) in [5, 5.41) is 3.29. The van der Waals surface area contributed by atoms with E-state index in [2.05, 4.69) is 5.32 Å². The molecule has 3 heteroatoms. The summed E-state index contributed by atoms with van der Waals surface area (Å²) in [5.74, 6) is 0.887. The Labute approximate surface area is 91.6 Å². The van der Waals surface area contributed by atoms with Gasteiger partial charge < -0.3 is 10.1 Å². The number of ether oxygens (including phenoxy) is 1. The van der Waals surface area contributed by atoms with Gasteiger partial charge >= 0.3 is 0 Å². The van der Waals surface area contributed by atoms with Gasteiger partial charge in [0.2, 0.25) is 0 Å². The van der Waals surface area contributed by atoms with Crippen molar-refractivity contribution in [3.8, 4) is 0 Å². The van der Waals surface area contributed by atoms with Gasteiger partial charge in [0.1, 0.15) is 6.17 Å². The molecule has 88 valence electrons. The molecule has 2 heterocycles. The number of hydrogen-bond acceptors (Lipinski definition) is 2. The van der Waals surface area contributed by atoms with E-state index in [0.29, 0.717) is 11.8 Å². The molecule has 0 aromatic carbocycles. The third-order valence-electron chi connectivity index (χ3n) is 3.79. The van der Waals surface area contributed by atoms with Crippen LogP contribution in [0.2, 0.25) is 0 Å². The second-order valence-corrected chi connectivity index (χ2v) is 4.89. The van der Waals surface area contributed by atoms with Crippen LogP contribution >= 0.6 is 0 Å². The first kappa shape index (κ1) is 11.3. The van der Waals surface area contributed by atoms with Crippen molar-refractivity contribution in [1.29, 1.82) is 0 Å².